The highest BCUT2D eigenvalue weighted by molar-refractivity contribution is 6.74. The van der Waals surface area contributed by atoms with E-state index >= 15 is 0 Å². The van der Waals surface area contributed by atoms with Crippen LogP contribution in [-0.2, 0) is 0 Å². The molecule has 0 saturated heterocycles. The van der Waals surface area contributed by atoms with Gasteiger partial charge in [-0.05, 0) is 13.1 Å². The van der Waals surface area contributed by atoms with Crippen LogP contribution in [0.3, 0.4) is 0 Å². The lowest BCUT2D eigenvalue weighted by Gasteiger charge is -2.20. The Morgan fingerprint density at radius 3 is 2.18 bits per heavy atom. The topological polar surface area (TPSA) is 12.0 Å². The Morgan fingerprint density at radius 2 is 1.73 bits per heavy atom. The lowest BCUT2D eigenvalue weighted by atomic mass is 10.2. The molecule has 0 bridgehead atoms. The first-order valence-corrected chi connectivity index (χ1v) is 8.02. The molecule has 0 aliphatic carbocycles. The molecule has 0 aliphatic rings. The van der Waals surface area contributed by atoms with Gasteiger partial charge in [0.1, 0.15) is 8.24 Å². The highest BCUT2D eigenvalue weighted by Crippen LogP contribution is 2.11. The molecule has 0 atom stereocenters. The van der Waals surface area contributed by atoms with Crippen LogP contribution in [-0.4, -0.2) is 15.3 Å². The fourth-order valence-corrected chi connectivity index (χ4v) is 2.50. The zero-order valence-corrected chi connectivity index (χ0v) is 9.54. The first kappa shape index (κ1) is 11.2. The summed E-state index contributed by atoms with van der Waals surface area (Å²) < 4.78 is 0. The van der Waals surface area contributed by atoms with Crippen LogP contribution in [0.2, 0.25) is 19.1 Å². The van der Waals surface area contributed by atoms with Gasteiger partial charge in [0.15, 0.2) is 0 Å². The summed E-state index contributed by atoms with van der Waals surface area (Å²) in [4.78, 5) is 3.46. The van der Waals surface area contributed by atoms with Crippen LogP contribution < -0.4 is 4.98 Å². The maximum absolute atomic E-state index is 3.46. The molecule has 0 aromatic heterocycles. The predicted molar refractivity (Wildman–Crippen MR) is 55.5 cm³/mol. The highest BCUT2D eigenvalue weighted by atomic mass is 28.3. The zero-order valence-electron chi connectivity index (χ0n) is 8.54. The largest absolute Gasteiger partial charge is 0.340 e. The maximum atomic E-state index is 3.46. The molecule has 0 aromatic carbocycles. The third-order valence-electron chi connectivity index (χ3n) is 2.33. The Kier molecular flexibility index (Phi) is 5.87. The van der Waals surface area contributed by atoms with E-state index in [1.165, 1.54) is 31.7 Å². The molecular weight excluding hydrogens is 150 g/mol. The van der Waals surface area contributed by atoms with E-state index in [1.54, 1.807) is 0 Å². The van der Waals surface area contributed by atoms with Gasteiger partial charge >= 0.3 is 0 Å². The molecular formula is C9H23NSi. The third kappa shape index (κ3) is 6.57. The van der Waals surface area contributed by atoms with Crippen molar-refractivity contribution in [1.29, 1.82) is 0 Å². The van der Waals surface area contributed by atoms with Gasteiger partial charge in [-0.2, -0.15) is 0 Å². The molecule has 1 N–H and O–H groups in total. The van der Waals surface area contributed by atoms with Gasteiger partial charge in [0.25, 0.3) is 0 Å². The molecule has 0 saturated carbocycles. The van der Waals surface area contributed by atoms with Gasteiger partial charge in [-0.15, -0.1) is 0 Å². The van der Waals surface area contributed by atoms with E-state index in [4.69, 9.17) is 0 Å². The van der Waals surface area contributed by atoms with Crippen molar-refractivity contribution < 1.29 is 0 Å². The smallest absolute Gasteiger partial charge is 0.119 e. The summed E-state index contributed by atoms with van der Waals surface area (Å²) in [6, 6.07) is 1.43. The molecule has 0 aromatic rings. The van der Waals surface area contributed by atoms with Crippen molar-refractivity contribution in [1.82, 2.24) is 4.98 Å². The Bertz CT molecular complexity index is 91.6. The van der Waals surface area contributed by atoms with Crippen LogP contribution in [0.15, 0.2) is 0 Å². The van der Waals surface area contributed by atoms with E-state index < -0.39 is 8.24 Å². The second-order valence-electron chi connectivity index (χ2n) is 3.94. The van der Waals surface area contributed by atoms with Gasteiger partial charge in [-0.1, -0.05) is 45.7 Å². The Balaban J connectivity index is 3.23. The average Bonchev–Trinajstić information content (AvgIpc) is 1.99. The summed E-state index contributed by atoms with van der Waals surface area (Å²) in [6.45, 7) is 7.07. The molecule has 11 heavy (non-hydrogen) atoms. The van der Waals surface area contributed by atoms with Gasteiger partial charge in [0.2, 0.25) is 0 Å². The molecule has 0 radical (unpaired) electrons. The average molecular weight is 173 g/mol. The normalized spacial score (nSPS) is 12.0. The minimum atomic E-state index is -0.977. The van der Waals surface area contributed by atoms with Crippen molar-refractivity contribution in [3.05, 3.63) is 0 Å². The van der Waals surface area contributed by atoms with Crippen molar-refractivity contribution in [2.75, 3.05) is 7.05 Å². The molecule has 0 spiro atoms. The van der Waals surface area contributed by atoms with Crippen LogP contribution in [0, 0.1) is 0 Å². The molecule has 0 fully saturated rings. The second kappa shape index (κ2) is 5.78. The number of hydrogen-bond acceptors (Lipinski definition) is 1. The van der Waals surface area contributed by atoms with E-state index in [2.05, 4.69) is 32.0 Å². The van der Waals surface area contributed by atoms with Gasteiger partial charge < -0.3 is 4.98 Å². The standard InChI is InChI=1S/C9H23NSi/c1-5-6-7-8-9-11(3,4)10-2/h10H,5-9H2,1-4H3. The van der Waals surface area contributed by atoms with Crippen LogP contribution in [0.1, 0.15) is 32.6 Å². The first-order valence-electron chi connectivity index (χ1n) is 4.81. The number of nitrogens with one attached hydrogen (secondary N) is 1. The minimum Gasteiger partial charge on any atom is -0.340 e. The molecule has 68 valence electrons. The maximum Gasteiger partial charge on any atom is 0.119 e. The molecule has 0 aliphatic heterocycles. The molecule has 0 amide bonds. The van der Waals surface area contributed by atoms with Crippen molar-refractivity contribution in [2.24, 2.45) is 0 Å². The number of rotatable bonds is 6. The Labute approximate surface area is 72.7 Å². The molecule has 0 rings (SSSR count). The van der Waals surface area contributed by atoms with Crippen LogP contribution in [0.4, 0.5) is 0 Å². The van der Waals surface area contributed by atoms with Gasteiger partial charge in [-0.25, -0.2) is 0 Å². The number of hydrogen-bond donors (Lipinski definition) is 1. The number of unbranched alkanes of at least 4 members (excludes halogenated alkanes) is 3. The summed E-state index contributed by atoms with van der Waals surface area (Å²) in [5, 5.41) is 0. The summed E-state index contributed by atoms with van der Waals surface area (Å²) in [5.74, 6) is 0. The van der Waals surface area contributed by atoms with Crippen molar-refractivity contribution >= 4 is 8.24 Å². The lowest BCUT2D eigenvalue weighted by molar-refractivity contribution is 0.694. The van der Waals surface area contributed by atoms with Crippen molar-refractivity contribution in [3.63, 3.8) is 0 Å². The predicted octanol–water partition coefficient (Wildman–Crippen LogP) is 2.99. The van der Waals surface area contributed by atoms with E-state index in [9.17, 15) is 0 Å². The van der Waals surface area contributed by atoms with E-state index in [0.717, 1.165) is 0 Å². The van der Waals surface area contributed by atoms with E-state index in [-0.39, 0.29) is 0 Å². The monoisotopic (exact) mass is 173 g/mol. The van der Waals surface area contributed by atoms with Gasteiger partial charge in [-0.3, -0.25) is 0 Å². The summed E-state index contributed by atoms with van der Waals surface area (Å²) >= 11 is 0. The quantitative estimate of drug-likeness (QED) is 0.481. The molecule has 0 heterocycles. The molecule has 2 heteroatoms. The SMILES string of the molecule is CCCCCC[Si](C)(C)NC. The highest BCUT2D eigenvalue weighted by Gasteiger charge is 2.16. The van der Waals surface area contributed by atoms with Gasteiger partial charge in [0, 0.05) is 0 Å². The van der Waals surface area contributed by atoms with E-state index in [1.807, 2.05) is 0 Å². The molecule has 1 nitrogen and oxygen atoms in total. The lowest BCUT2D eigenvalue weighted by Crippen LogP contribution is -2.41. The van der Waals surface area contributed by atoms with Crippen LogP contribution in [0.5, 0.6) is 0 Å². The van der Waals surface area contributed by atoms with E-state index in [0.29, 0.717) is 0 Å². The molecule has 0 unspecified atom stereocenters. The fourth-order valence-electron chi connectivity index (χ4n) is 1.12. The zero-order chi connectivity index (χ0) is 8.74. The Hall–Kier alpha value is 0.177. The minimum absolute atomic E-state index is 0.977. The summed E-state index contributed by atoms with van der Waals surface area (Å²) in [5.41, 5.74) is 0. The third-order valence-corrected chi connectivity index (χ3v) is 5.29. The second-order valence-corrected chi connectivity index (χ2v) is 8.71. The summed E-state index contributed by atoms with van der Waals surface area (Å²) in [7, 11) is 1.13. The fraction of sp³-hybridized carbons (Fsp3) is 1.00. The first-order chi connectivity index (χ1) is 5.12. The Morgan fingerprint density at radius 1 is 1.09 bits per heavy atom. The summed E-state index contributed by atoms with van der Waals surface area (Å²) in [6.07, 6.45) is 5.61. The van der Waals surface area contributed by atoms with Crippen LogP contribution >= 0.6 is 0 Å². The van der Waals surface area contributed by atoms with Gasteiger partial charge in [0.05, 0.1) is 0 Å². The van der Waals surface area contributed by atoms with Crippen molar-refractivity contribution in [2.45, 2.75) is 51.7 Å². The van der Waals surface area contributed by atoms with Crippen LogP contribution in [0.25, 0.3) is 0 Å². The van der Waals surface area contributed by atoms with Crippen molar-refractivity contribution in [3.8, 4) is 0 Å².